The number of benzene rings is 4. The molecule has 2 heterocycles. The van der Waals surface area contributed by atoms with Crippen molar-refractivity contribution in [3.8, 4) is 0 Å². The molecule has 0 radical (unpaired) electrons. The number of carbonyl (C=O) groups excluding carboxylic acids is 6. The van der Waals surface area contributed by atoms with Gasteiger partial charge in [0.05, 0.1) is 28.4 Å². The van der Waals surface area contributed by atoms with E-state index in [4.69, 9.17) is 42.6 Å². The normalized spacial score (nSPS) is 25.6. The minimum Gasteiger partial charge on any atom is -0.459 e. The quantitative estimate of drug-likeness (QED) is 0.100. The average molecular weight is 871 g/mol. The van der Waals surface area contributed by atoms with Gasteiger partial charge in [-0.2, -0.15) is 0 Å². The average Bonchev–Trinajstić information content (AvgIpc) is 3.28. The van der Waals surface area contributed by atoms with E-state index in [2.05, 4.69) is 0 Å². The van der Waals surface area contributed by atoms with E-state index < -0.39 is 103 Å². The van der Waals surface area contributed by atoms with Crippen molar-refractivity contribution in [2.24, 2.45) is 0 Å². The highest BCUT2D eigenvalue weighted by Gasteiger charge is 2.57. The Labute approximate surface area is 362 Å². The van der Waals surface area contributed by atoms with Gasteiger partial charge in [-0.1, -0.05) is 79.7 Å². The van der Waals surface area contributed by atoms with E-state index in [9.17, 15) is 28.8 Å². The maximum Gasteiger partial charge on any atom is 0.338 e. The number of hydrogen-bond donors (Lipinski definition) is 0. The maximum absolute atomic E-state index is 14.0. The molecule has 2 saturated heterocycles. The number of ether oxygens (including phenoxy) is 9. The maximum atomic E-state index is 14.0. The van der Waals surface area contributed by atoms with E-state index in [1.807, 2.05) is 6.92 Å². The zero-order valence-electron chi connectivity index (χ0n) is 34.3. The Morgan fingerprint density at radius 1 is 0.500 bits per heavy atom. The Kier molecular flexibility index (Phi) is 15.9. The van der Waals surface area contributed by atoms with Crippen LogP contribution in [0.1, 0.15) is 69.1 Å². The predicted molar refractivity (Wildman–Crippen MR) is 221 cm³/mol. The molecule has 2 aliphatic rings. The molecule has 0 aliphatic carbocycles. The number of hydrogen-bond acceptors (Lipinski definition) is 16. The summed E-state index contributed by atoms with van der Waals surface area (Å²) in [7, 11) is 0. The van der Waals surface area contributed by atoms with Crippen LogP contribution in [0.2, 0.25) is 0 Å². The van der Waals surface area contributed by atoms with Gasteiger partial charge >= 0.3 is 35.8 Å². The van der Waals surface area contributed by atoms with Gasteiger partial charge in [-0.25, -0.2) is 19.2 Å². The first kappa shape index (κ1) is 45.5. The van der Waals surface area contributed by atoms with Gasteiger partial charge in [0.1, 0.15) is 24.3 Å². The molecule has 2 fully saturated rings. The van der Waals surface area contributed by atoms with Crippen molar-refractivity contribution in [3.05, 3.63) is 144 Å². The summed E-state index contributed by atoms with van der Waals surface area (Å²) in [5.41, 5.74) is -0.296. The van der Waals surface area contributed by atoms with Gasteiger partial charge in [0, 0.05) is 13.8 Å². The van der Waals surface area contributed by atoms with E-state index in [1.165, 1.54) is 62.0 Å². The van der Waals surface area contributed by atoms with Crippen molar-refractivity contribution in [3.63, 3.8) is 0 Å². The summed E-state index contributed by atoms with van der Waals surface area (Å²) in [6, 6.07) is 32.2. The SMILES string of the molecule is CCS[C@@H]1O[C@H](COC(=O)c2ccccc2)[C@@H](O[C@@H]2O[C@@H](C)[C@H](OC(=O)c3ccccc3)[C@@H](OC(=O)c3ccccc3)[C@H]2OC(=O)c2ccccc2)[C@H](OC(C)=O)[C@H]1OC(C)=O. The predicted octanol–water partition coefficient (Wildman–Crippen LogP) is 5.99. The molecular formula is C46H46O15S. The summed E-state index contributed by atoms with van der Waals surface area (Å²) in [6.45, 7) is 5.24. The Bertz CT molecular complexity index is 2140. The number of thioether (sulfide) groups is 1. The molecule has 326 valence electrons. The van der Waals surface area contributed by atoms with Crippen molar-refractivity contribution in [2.45, 2.75) is 88.3 Å². The summed E-state index contributed by atoms with van der Waals surface area (Å²) < 4.78 is 55.1. The van der Waals surface area contributed by atoms with Gasteiger partial charge in [0.25, 0.3) is 0 Å². The minimum absolute atomic E-state index is 0.106. The van der Waals surface area contributed by atoms with E-state index in [-0.39, 0.29) is 22.3 Å². The van der Waals surface area contributed by atoms with E-state index in [0.29, 0.717) is 5.75 Å². The Morgan fingerprint density at radius 2 is 0.903 bits per heavy atom. The van der Waals surface area contributed by atoms with Crippen LogP contribution in [0.4, 0.5) is 0 Å². The lowest BCUT2D eigenvalue weighted by Gasteiger charge is -2.48. The van der Waals surface area contributed by atoms with Crippen molar-refractivity contribution in [1.29, 1.82) is 0 Å². The number of rotatable bonds is 15. The van der Waals surface area contributed by atoms with Crippen LogP contribution in [0.3, 0.4) is 0 Å². The molecule has 16 heteroatoms. The van der Waals surface area contributed by atoms with Gasteiger partial charge in [0.15, 0.2) is 36.8 Å². The first-order valence-corrected chi connectivity index (χ1v) is 20.9. The monoisotopic (exact) mass is 870 g/mol. The van der Waals surface area contributed by atoms with E-state index in [1.54, 1.807) is 84.9 Å². The van der Waals surface area contributed by atoms with Crippen LogP contribution in [0.15, 0.2) is 121 Å². The van der Waals surface area contributed by atoms with Crippen LogP contribution >= 0.6 is 11.8 Å². The molecule has 15 nitrogen and oxygen atoms in total. The molecule has 4 aromatic carbocycles. The molecule has 0 unspecified atom stereocenters. The van der Waals surface area contributed by atoms with Crippen molar-refractivity contribution in [2.75, 3.05) is 12.4 Å². The largest absolute Gasteiger partial charge is 0.459 e. The lowest BCUT2D eigenvalue weighted by Crippen LogP contribution is -2.66. The van der Waals surface area contributed by atoms with Crippen molar-refractivity contribution >= 4 is 47.6 Å². The molecule has 0 aromatic heterocycles. The Morgan fingerprint density at radius 3 is 1.35 bits per heavy atom. The lowest BCUT2D eigenvalue weighted by atomic mass is 9.96. The van der Waals surface area contributed by atoms with Crippen LogP contribution in [0.5, 0.6) is 0 Å². The fourth-order valence-electron chi connectivity index (χ4n) is 6.89. The van der Waals surface area contributed by atoms with E-state index >= 15 is 0 Å². The summed E-state index contributed by atoms with van der Waals surface area (Å²) in [6.07, 6.45) is -13.0. The summed E-state index contributed by atoms with van der Waals surface area (Å²) in [4.78, 5) is 80.1. The van der Waals surface area contributed by atoms with Gasteiger partial charge in [-0.05, 0) is 61.2 Å². The zero-order valence-corrected chi connectivity index (χ0v) is 35.1. The highest BCUT2D eigenvalue weighted by atomic mass is 32.2. The summed E-state index contributed by atoms with van der Waals surface area (Å²) in [5, 5.41) is 0. The van der Waals surface area contributed by atoms with Crippen LogP contribution < -0.4 is 0 Å². The smallest absolute Gasteiger partial charge is 0.338 e. The molecule has 0 amide bonds. The fraction of sp³-hybridized carbons (Fsp3) is 0.348. The van der Waals surface area contributed by atoms with Crippen molar-refractivity contribution < 1.29 is 71.4 Å². The zero-order chi connectivity index (χ0) is 44.2. The fourth-order valence-corrected chi connectivity index (χ4v) is 7.84. The van der Waals surface area contributed by atoms with E-state index in [0.717, 1.165) is 6.92 Å². The highest BCUT2D eigenvalue weighted by Crippen LogP contribution is 2.38. The van der Waals surface area contributed by atoms with Gasteiger partial charge in [-0.3, -0.25) is 9.59 Å². The second kappa shape index (κ2) is 21.6. The highest BCUT2D eigenvalue weighted by molar-refractivity contribution is 7.99. The summed E-state index contributed by atoms with van der Waals surface area (Å²) >= 11 is 1.24. The third-order valence-corrected chi connectivity index (χ3v) is 10.7. The molecular weight excluding hydrogens is 825 g/mol. The standard InChI is InChI=1S/C46H46O15S/c1-5-62-46-40(56-29(4)48)38(55-28(3)47)36(34(57-46)26-53-41(49)30-18-10-6-11-19-30)61-45-39(60-44(52)33-24-16-9-17-25-33)37(59-43(51)32-22-14-8-15-23-32)35(27(2)54-45)58-42(50)31-20-12-7-13-21-31/h6-25,27,34-40,45-46H,5,26H2,1-4H3/t27-,34+,35-,36+,37+,38-,39+,40+,45-,46-/m0/s1. The van der Waals surface area contributed by atoms with Crippen molar-refractivity contribution in [1.82, 2.24) is 0 Å². The van der Waals surface area contributed by atoms with Crippen LogP contribution in [-0.4, -0.2) is 109 Å². The van der Waals surface area contributed by atoms with Crippen LogP contribution in [0.25, 0.3) is 0 Å². The summed E-state index contributed by atoms with van der Waals surface area (Å²) in [5.74, 6) is -4.28. The molecule has 4 aromatic rings. The molecule has 62 heavy (non-hydrogen) atoms. The third kappa shape index (κ3) is 11.6. The molecule has 6 rings (SSSR count). The molecule has 0 bridgehead atoms. The first-order valence-electron chi connectivity index (χ1n) is 19.9. The van der Waals surface area contributed by atoms with Gasteiger partial charge < -0.3 is 42.6 Å². The van der Waals surface area contributed by atoms with Gasteiger partial charge in [0.2, 0.25) is 0 Å². The van der Waals surface area contributed by atoms with Crippen LogP contribution in [-0.2, 0) is 52.2 Å². The lowest BCUT2D eigenvalue weighted by molar-refractivity contribution is -0.332. The Balaban J connectivity index is 1.43. The first-order chi connectivity index (χ1) is 29.9. The number of esters is 6. The Hall–Kier alpha value is -6.07. The molecule has 0 N–H and O–H groups in total. The minimum atomic E-state index is -1.71. The second-order valence-electron chi connectivity index (χ2n) is 14.1. The van der Waals surface area contributed by atoms with Crippen LogP contribution in [0, 0.1) is 0 Å². The second-order valence-corrected chi connectivity index (χ2v) is 15.5. The molecule has 0 spiro atoms. The van der Waals surface area contributed by atoms with Gasteiger partial charge in [-0.15, -0.1) is 11.8 Å². The molecule has 2 aliphatic heterocycles. The number of carbonyl (C=O) groups is 6. The molecule has 0 saturated carbocycles. The molecule has 10 atom stereocenters. The third-order valence-electron chi connectivity index (χ3n) is 9.69. The topological polar surface area (TPSA) is 185 Å².